The Labute approximate surface area is 173 Å². The van der Waals surface area contributed by atoms with Gasteiger partial charge in [-0.15, -0.1) is 11.8 Å². The van der Waals surface area contributed by atoms with Gasteiger partial charge in [-0.25, -0.2) is 0 Å². The molecular formula is C19H25N3O6S. The molecule has 1 aromatic carbocycles. The molecule has 0 bridgehead atoms. The minimum Gasteiger partial charge on any atom is -0.455 e. The Morgan fingerprint density at radius 3 is 2.59 bits per heavy atom. The van der Waals surface area contributed by atoms with Gasteiger partial charge in [-0.05, 0) is 18.9 Å². The minimum atomic E-state index is -0.675. The summed E-state index contributed by atoms with van der Waals surface area (Å²) >= 11 is 1.14. The number of carbonyl (C=O) groups excluding carboxylic acids is 3. The van der Waals surface area contributed by atoms with E-state index >= 15 is 0 Å². The molecule has 9 nitrogen and oxygen atoms in total. The van der Waals surface area contributed by atoms with Crippen LogP contribution in [-0.4, -0.2) is 58.8 Å². The van der Waals surface area contributed by atoms with E-state index in [4.69, 9.17) is 4.74 Å². The molecule has 1 aliphatic carbocycles. The molecule has 0 unspecified atom stereocenters. The van der Waals surface area contributed by atoms with Crippen LogP contribution in [0.4, 0.5) is 11.4 Å². The summed E-state index contributed by atoms with van der Waals surface area (Å²) in [6.07, 6.45) is 5.52. The van der Waals surface area contributed by atoms with Gasteiger partial charge in [0.2, 0.25) is 5.91 Å². The largest absolute Gasteiger partial charge is 0.455 e. The molecule has 0 saturated heterocycles. The number of anilines is 1. The van der Waals surface area contributed by atoms with Crippen molar-refractivity contribution < 1.29 is 24.0 Å². The van der Waals surface area contributed by atoms with E-state index in [1.807, 2.05) is 0 Å². The quantitative estimate of drug-likeness (QED) is 0.368. The van der Waals surface area contributed by atoms with Crippen LogP contribution in [0.1, 0.15) is 32.1 Å². The molecule has 1 N–H and O–H groups in total. The van der Waals surface area contributed by atoms with Crippen molar-refractivity contribution in [2.24, 2.45) is 0 Å². The second-order valence-corrected chi connectivity index (χ2v) is 7.76. The normalized spacial score (nSPS) is 14.1. The molecule has 0 heterocycles. The fourth-order valence-electron chi connectivity index (χ4n) is 3.11. The van der Waals surface area contributed by atoms with Gasteiger partial charge in [0, 0.05) is 19.2 Å². The van der Waals surface area contributed by atoms with E-state index in [2.05, 4.69) is 5.32 Å². The third kappa shape index (κ3) is 7.37. The van der Waals surface area contributed by atoms with Gasteiger partial charge < -0.3 is 15.0 Å². The summed E-state index contributed by atoms with van der Waals surface area (Å²) in [5.41, 5.74) is -0.215. The molecule has 2 rings (SSSR count). The van der Waals surface area contributed by atoms with E-state index in [9.17, 15) is 24.5 Å². The number of hydrogen-bond donors (Lipinski definition) is 1. The number of nitrogens with one attached hydrogen (secondary N) is 1. The van der Waals surface area contributed by atoms with Crippen LogP contribution in [-0.2, 0) is 19.1 Å². The number of benzene rings is 1. The highest BCUT2D eigenvalue weighted by Gasteiger charge is 2.22. The SMILES string of the molecule is CN(C(=O)CSCC(=O)OCC(=O)Nc1ccccc1[N+](=O)[O-])C1CCCCC1. The van der Waals surface area contributed by atoms with Crippen LogP contribution in [0.15, 0.2) is 24.3 Å². The molecule has 0 aromatic heterocycles. The molecule has 1 saturated carbocycles. The van der Waals surface area contributed by atoms with Crippen molar-refractivity contribution in [2.45, 2.75) is 38.1 Å². The highest BCUT2D eigenvalue weighted by molar-refractivity contribution is 8.00. The molecule has 1 aromatic rings. The number of nitro benzene ring substituents is 1. The van der Waals surface area contributed by atoms with Crippen LogP contribution >= 0.6 is 11.8 Å². The predicted octanol–water partition coefficient (Wildman–Crippen LogP) is 2.60. The number of hydrogen-bond acceptors (Lipinski definition) is 7. The molecule has 1 aliphatic rings. The van der Waals surface area contributed by atoms with Gasteiger partial charge >= 0.3 is 5.97 Å². The van der Waals surface area contributed by atoms with Crippen molar-refractivity contribution >= 4 is 40.9 Å². The summed E-state index contributed by atoms with van der Waals surface area (Å²) in [4.78, 5) is 47.9. The molecular weight excluding hydrogens is 398 g/mol. The second-order valence-electron chi connectivity index (χ2n) is 6.77. The smallest absolute Gasteiger partial charge is 0.316 e. The Balaban J connectivity index is 1.67. The van der Waals surface area contributed by atoms with E-state index in [-0.39, 0.29) is 34.8 Å². The average Bonchev–Trinajstić information content (AvgIpc) is 2.72. The molecule has 0 spiro atoms. The molecule has 0 radical (unpaired) electrons. The number of rotatable bonds is 9. The van der Waals surface area contributed by atoms with E-state index in [0.717, 1.165) is 37.4 Å². The van der Waals surface area contributed by atoms with Crippen LogP contribution in [0, 0.1) is 10.1 Å². The average molecular weight is 423 g/mol. The molecule has 10 heteroatoms. The Morgan fingerprint density at radius 1 is 1.21 bits per heavy atom. The third-order valence-electron chi connectivity index (χ3n) is 4.70. The summed E-state index contributed by atoms with van der Waals surface area (Å²) in [6.45, 7) is -0.554. The Morgan fingerprint density at radius 2 is 1.90 bits per heavy atom. The Kier molecular flexibility index (Phi) is 8.91. The van der Waals surface area contributed by atoms with Crippen molar-refractivity contribution in [1.82, 2.24) is 4.90 Å². The number of carbonyl (C=O) groups is 3. The zero-order valence-electron chi connectivity index (χ0n) is 16.3. The van der Waals surface area contributed by atoms with Crippen LogP contribution in [0.25, 0.3) is 0 Å². The highest BCUT2D eigenvalue weighted by Crippen LogP contribution is 2.23. The van der Waals surface area contributed by atoms with Crippen molar-refractivity contribution in [3.63, 3.8) is 0 Å². The maximum Gasteiger partial charge on any atom is 0.316 e. The van der Waals surface area contributed by atoms with Crippen molar-refractivity contribution in [3.8, 4) is 0 Å². The van der Waals surface area contributed by atoms with Gasteiger partial charge in [0.05, 0.1) is 16.4 Å². The lowest BCUT2D eigenvalue weighted by Crippen LogP contribution is -2.39. The maximum absolute atomic E-state index is 12.2. The highest BCUT2D eigenvalue weighted by atomic mass is 32.2. The third-order valence-corrected chi connectivity index (χ3v) is 5.59. The summed E-state index contributed by atoms with van der Waals surface area (Å²) in [7, 11) is 1.80. The van der Waals surface area contributed by atoms with Crippen LogP contribution in [0.3, 0.4) is 0 Å². The molecule has 1 fully saturated rings. The van der Waals surface area contributed by atoms with Gasteiger partial charge in [0.1, 0.15) is 5.69 Å². The van der Waals surface area contributed by atoms with Gasteiger partial charge in [-0.1, -0.05) is 31.4 Å². The van der Waals surface area contributed by atoms with Crippen LogP contribution in [0.2, 0.25) is 0 Å². The predicted molar refractivity (Wildman–Crippen MR) is 110 cm³/mol. The lowest BCUT2D eigenvalue weighted by atomic mass is 9.94. The molecule has 0 atom stereocenters. The first-order valence-electron chi connectivity index (χ1n) is 9.40. The zero-order chi connectivity index (χ0) is 21.2. The number of amides is 2. The number of para-hydroxylation sites is 2. The monoisotopic (exact) mass is 423 g/mol. The number of nitrogens with zero attached hydrogens (tertiary/aromatic N) is 2. The van der Waals surface area contributed by atoms with E-state index in [1.54, 1.807) is 18.0 Å². The van der Waals surface area contributed by atoms with Crippen molar-refractivity contribution in [1.29, 1.82) is 0 Å². The first-order chi connectivity index (χ1) is 13.9. The van der Waals surface area contributed by atoms with Crippen molar-refractivity contribution in [3.05, 3.63) is 34.4 Å². The molecule has 0 aliphatic heterocycles. The zero-order valence-corrected chi connectivity index (χ0v) is 17.1. The topological polar surface area (TPSA) is 119 Å². The molecule has 29 heavy (non-hydrogen) atoms. The number of nitro groups is 1. The lowest BCUT2D eigenvalue weighted by molar-refractivity contribution is -0.383. The summed E-state index contributed by atoms with van der Waals surface area (Å²) in [6, 6.07) is 5.96. The summed E-state index contributed by atoms with van der Waals surface area (Å²) in [5, 5.41) is 13.3. The summed E-state index contributed by atoms with van der Waals surface area (Å²) < 4.78 is 4.87. The maximum atomic E-state index is 12.2. The number of esters is 1. The summed E-state index contributed by atoms with van der Waals surface area (Å²) in [5.74, 6) is -1.21. The lowest BCUT2D eigenvalue weighted by Gasteiger charge is -2.31. The van der Waals surface area contributed by atoms with Gasteiger partial charge in [-0.3, -0.25) is 24.5 Å². The Hall–Kier alpha value is -2.62. The van der Waals surface area contributed by atoms with Gasteiger partial charge in [-0.2, -0.15) is 0 Å². The van der Waals surface area contributed by atoms with Crippen molar-refractivity contribution in [2.75, 3.05) is 30.5 Å². The minimum absolute atomic E-state index is 0.0242. The first kappa shape index (κ1) is 22.7. The second kappa shape index (κ2) is 11.4. The number of thioether (sulfide) groups is 1. The fourth-order valence-corrected chi connectivity index (χ4v) is 3.84. The molecule has 158 valence electrons. The van der Waals surface area contributed by atoms with Gasteiger partial charge in [0.15, 0.2) is 6.61 Å². The van der Waals surface area contributed by atoms with Crippen LogP contribution in [0.5, 0.6) is 0 Å². The fraction of sp³-hybridized carbons (Fsp3) is 0.526. The van der Waals surface area contributed by atoms with Crippen LogP contribution < -0.4 is 5.32 Å². The van der Waals surface area contributed by atoms with E-state index in [0.29, 0.717) is 0 Å². The molecule has 2 amide bonds. The first-order valence-corrected chi connectivity index (χ1v) is 10.6. The van der Waals surface area contributed by atoms with E-state index in [1.165, 1.54) is 24.6 Å². The van der Waals surface area contributed by atoms with E-state index < -0.39 is 23.4 Å². The van der Waals surface area contributed by atoms with Gasteiger partial charge in [0.25, 0.3) is 11.6 Å². The standard InChI is InChI=1S/C19H25N3O6S/c1-21(14-7-3-2-4-8-14)18(24)12-29-13-19(25)28-11-17(23)20-15-9-5-6-10-16(15)22(26)27/h5-6,9-10,14H,2-4,7-8,11-13H2,1H3,(H,20,23). The Bertz CT molecular complexity index is 751. The number of ether oxygens (including phenoxy) is 1.